The van der Waals surface area contributed by atoms with Crippen LogP contribution in [0, 0.1) is 11.8 Å². The molecule has 2 aliphatic rings. The number of alkyl halides is 7. The van der Waals surface area contributed by atoms with E-state index in [-0.39, 0.29) is 61.2 Å². The summed E-state index contributed by atoms with van der Waals surface area (Å²) in [6, 6.07) is 16.7. The van der Waals surface area contributed by atoms with E-state index in [1.165, 1.54) is 23.1 Å². The Labute approximate surface area is 266 Å². The molecule has 1 aliphatic heterocycles. The number of halogens is 7. The molecule has 3 aromatic rings. The number of amides is 1. The Kier molecular flexibility index (Phi) is 8.97. The number of hydrogen-bond acceptors (Lipinski definition) is 4. The van der Waals surface area contributed by atoms with Gasteiger partial charge in [-0.25, -0.2) is 12.8 Å². The molecule has 0 aromatic heterocycles. The summed E-state index contributed by atoms with van der Waals surface area (Å²) < 4.78 is 123. The maximum Gasteiger partial charge on any atom is 0.435 e. The van der Waals surface area contributed by atoms with Crippen LogP contribution >= 0.6 is 0 Å². The van der Waals surface area contributed by atoms with E-state index >= 15 is 0 Å². The van der Waals surface area contributed by atoms with Crippen LogP contribution in [-0.4, -0.2) is 55.7 Å². The van der Waals surface area contributed by atoms with Crippen LogP contribution in [0.5, 0.6) is 0 Å². The lowest BCUT2D eigenvalue weighted by atomic mass is 9.81. The zero-order chi connectivity index (χ0) is 34.4. The monoisotopic (exact) mass is 685 g/mol. The Morgan fingerprint density at radius 3 is 1.85 bits per heavy atom. The summed E-state index contributed by atoms with van der Waals surface area (Å²) >= 11 is 0. The zero-order valence-corrected chi connectivity index (χ0v) is 25.5. The molecule has 5 rings (SSSR count). The maximum absolute atomic E-state index is 14.8. The molecular formula is C33H30F7NO5S. The van der Waals surface area contributed by atoms with Crippen molar-refractivity contribution >= 4 is 21.7 Å². The van der Waals surface area contributed by atoms with Crippen molar-refractivity contribution in [2.75, 3.05) is 13.1 Å². The molecule has 6 nitrogen and oxygen atoms in total. The van der Waals surface area contributed by atoms with Gasteiger partial charge in [-0.2, -0.15) is 26.3 Å². The number of sulfone groups is 1. The fraction of sp³-hybridized carbons (Fsp3) is 0.394. The molecule has 1 saturated carbocycles. The third kappa shape index (κ3) is 6.00. The number of hydrogen-bond donors (Lipinski definition) is 1. The average Bonchev–Trinajstić information content (AvgIpc) is 3.51. The Bertz CT molecular complexity index is 1720. The van der Waals surface area contributed by atoms with E-state index in [0.29, 0.717) is 11.1 Å². The fourth-order valence-electron chi connectivity index (χ4n) is 6.62. The average molecular weight is 686 g/mol. The SMILES string of the molecule is O=C(O)C1CCC(C(=O)N2CCC(c3ccc(C(F)(C(F)(F)F)C(F)(F)F)cc3)(S(=O)(=O)c3cccc(-c4ccccc4)c3)C2)CC1. The minimum atomic E-state index is -6.36. The molecule has 47 heavy (non-hydrogen) atoms. The van der Waals surface area contributed by atoms with E-state index in [1.54, 1.807) is 36.4 Å². The fourth-order valence-corrected chi connectivity index (χ4v) is 8.74. The van der Waals surface area contributed by atoms with Crippen LogP contribution in [0.25, 0.3) is 11.1 Å². The van der Waals surface area contributed by atoms with Gasteiger partial charge in [0.15, 0.2) is 9.84 Å². The minimum absolute atomic E-state index is 0.102. The second-order valence-corrected chi connectivity index (χ2v) is 14.3. The summed E-state index contributed by atoms with van der Waals surface area (Å²) in [5.74, 6) is -2.59. The van der Waals surface area contributed by atoms with E-state index in [0.717, 1.165) is 12.1 Å². The molecule has 1 heterocycles. The molecule has 1 aliphatic carbocycles. The third-order valence-corrected chi connectivity index (χ3v) is 11.8. The van der Waals surface area contributed by atoms with Gasteiger partial charge in [0.2, 0.25) is 5.91 Å². The second kappa shape index (κ2) is 12.3. The van der Waals surface area contributed by atoms with E-state index in [1.807, 2.05) is 0 Å². The molecule has 1 amide bonds. The van der Waals surface area contributed by atoms with Crippen molar-refractivity contribution in [1.82, 2.24) is 4.90 Å². The van der Waals surface area contributed by atoms with Crippen molar-refractivity contribution in [2.24, 2.45) is 11.8 Å². The normalized spacial score (nSPS) is 22.7. The first-order valence-corrected chi connectivity index (χ1v) is 16.3. The Morgan fingerprint density at radius 1 is 0.745 bits per heavy atom. The Morgan fingerprint density at radius 2 is 1.30 bits per heavy atom. The van der Waals surface area contributed by atoms with Crippen molar-refractivity contribution in [2.45, 2.75) is 59.8 Å². The van der Waals surface area contributed by atoms with Crippen LogP contribution in [0.3, 0.4) is 0 Å². The summed E-state index contributed by atoms with van der Waals surface area (Å²) in [6.45, 7) is -0.573. The summed E-state index contributed by atoms with van der Waals surface area (Å²) in [4.78, 5) is 26.1. The lowest BCUT2D eigenvalue weighted by Crippen LogP contribution is -2.50. The van der Waals surface area contributed by atoms with Crippen molar-refractivity contribution in [1.29, 1.82) is 0 Å². The number of nitrogens with zero attached hydrogens (tertiary/aromatic N) is 1. The topological polar surface area (TPSA) is 91.8 Å². The third-order valence-electron chi connectivity index (χ3n) is 9.33. The van der Waals surface area contributed by atoms with Gasteiger partial charge in [0.1, 0.15) is 4.75 Å². The first-order chi connectivity index (χ1) is 21.9. The molecule has 1 N–H and O–H groups in total. The lowest BCUT2D eigenvalue weighted by molar-refractivity contribution is -0.348. The highest BCUT2D eigenvalue weighted by molar-refractivity contribution is 7.92. The van der Waals surface area contributed by atoms with Crippen LogP contribution < -0.4 is 0 Å². The molecule has 3 aromatic carbocycles. The molecule has 0 bridgehead atoms. The second-order valence-electron chi connectivity index (χ2n) is 12.0. The van der Waals surface area contributed by atoms with Gasteiger partial charge in [0.25, 0.3) is 0 Å². The van der Waals surface area contributed by atoms with Crippen molar-refractivity contribution in [3.05, 3.63) is 90.0 Å². The molecule has 1 unspecified atom stereocenters. The quantitative estimate of drug-likeness (QED) is 0.261. The number of carbonyl (C=O) groups excluding carboxylic acids is 1. The van der Waals surface area contributed by atoms with Gasteiger partial charge in [-0.05, 0) is 60.9 Å². The maximum atomic E-state index is 14.8. The minimum Gasteiger partial charge on any atom is -0.481 e. The number of aliphatic carboxylic acids is 1. The number of likely N-dealkylation sites (tertiary alicyclic amines) is 1. The molecule has 0 radical (unpaired) electrons. The standard InChI is InChI=1S/C33H30F7NO5S/c34-31(32(35,36)37,33(38,39)40)26-15-13-25(14-16-26)30(17-18-41(20-30)28(42)22-9-11-23(12-10-22)29(43)44)47(45,46)27-8-4-7-24(19-27)21-5-2-1-3-6-21/h1-8,13-16,19,22-23H,9-12,17-18,20H2,(H,43,44). The van der Waals surface area contributed by atoms with Crippen molar-refractivity contribution < 1.29 is 53.8 Å². The van der Waals surface area contributed by atoms with E-state index < -0.39 is 68.4 Å². The van der Waals surface area contributed by atoms with Gasteiger partial charge >= 0.3 is 24.0 Å². The van der Waals surface area contributed by atoms with Crippen molar-refractivity contribution in [3.63, 3.8) is 0 Å². The molecule has 1 atom stereocenters. The van der Waals surface area contributed by atoms with Gasteiger partial charge in [0.05, 0.1) is 10.8 Å². The van der Waals surface area contributed by atoms with Crippen LogP contribution in [0.2, 0.25) is 0 Å². The zero-order valence-electron chi connectivity index (χ0n) is 24.7. The molecule has 14 heteroatoms. The van der Waals surface area contributed by atoms with Gasteiger partial charge in [-0.15, -0.1) is 0 Å². The highest BCUT2D eigenvalue weighted by atomic mass is 32.2. The number of carbonyl (C=O) groups is 2. The highest BCUT2D eigenvalue weighted by Crippen LogP contribution is 2.54. The number of carboxylic acid groups (broad SMARTS) is 1. The molecular weight excluding hydrogens is 655 g/mol. The van der Waals surface area contributed by atoms with Crippen LogP contribution in [-0.2, 0) is 29.8 Å². The van der Waals surface area contributed by atoms with Crippen LogP contribution in [0.4, 0.5) is 30.7 Å². The van der Waals surface area contributed by atoms with Gasteiger partial charge in [0, 0.05) is 24.6 Å². The molecule has 252 valence electrons. The van der Waals surface area contributed by atoms with Crippen LogP contribution in [0.1, 0.15) is 43.2 Å². The van der Waals surface area contributed by atoms with Crippen LogP contribution in [0.15, 0.2) is 83.8 Å². The van der Waals surface area contributed by atoms with Crippen molar-refractivity contribution in [3.8, 4) is 11.1 Å². The molecule has 1 saturated heterocycles. The predicted octanol–water partition coefficient (Wildman–Crippen LogP) is 7.44. The smallest absolute Gasteiger partial charge is 0.435 e. The largest absolute Gasteiger partial charge is 0.481 e. The van der Waals surface area contributed by atoms with Gasteiger partial charge < -0.3 is 10.0 Å². The van der Waals surface area contributed by atoms with E-state index in [4.69, 9.17) is 0 Å². The summed E-state index contributed by atoms with van der Waals surface area (Å²) in [5.41, 5.74) is -6.47. The summed E-state index contributed by atoms with van der Waals surface area (Å²) in [5, 5.41) is 9.31. The lowest BCUT2D eigenvalue weighted by Gasteiger charge is -2.33. The first kappa shape index (κ1) is 34.4. The summed E-state index contributed by atoms with van der Waals surface area (Å²) in [6.07, 6.45) is -11.9. The number of benzene rings is 3. The Balaban J connectivity index is 1.57. The number of carboxylic acids is 1. The molecule has 0 spiro atoms. The molecule has 2 fully saturated rings. The van der Waals surface area contributed by atoms with Gasteiger partial charge in [-0.3, -0.25) is 9.59 Å². The number of rotatable bonds is 7. The predicted molar refractivity (Wildman–Crippen MR) is 156 cm³/mol. The van der Waals surface area contributed by atoms with E-state index in [2.05, 4.69) is 0 Å². The van der Waals surface area contributed by atoms with E-state index in [9.17, 15) is 53.8 Å². The summed E-state index contributed by atoms with van der Waals surface area (Å²) in [7, 11) is -4.52. The van der Waals surface area contributed by atoms with Gasteiger partial charge in [-0.1, -0.05) is 66.7 Å². The first-order valence-electron chi connectivity index (χ1n) is 14.8. The Hall–Kier alpha value is -3.94. The highest BCUT2D eigenvalue weighted by Gasteiger charge is 2.73.